The Balaban J connectivity index is 3.04. The van der Waals surface area contributed by atoms with E-state index < -0.39 is 0 Å². The minimum absolute atomic E-state index is 0.308. The topological polar surface area (TPSA) is 31.6 Å². The average molecular weight is 212 g/mol. The van der Waals surface area contributed by atoms with Crippen molar-refractivity contribution in [3.63, 3.8) is 0 Å². The number of fused-ring (bicyclic) bond motifs is 1. The second-order valence-corrected chi connectivity index (χ2v) is 3.41. The smallest absolute Gasteiger partial charge is 0.175 e. The zero-order chi connectivity index (χ0) is 9.42. The maximum atomic E-state index is 12.8. The highest BCUT2D eigenvalue weighted by Crippen LogP contribution is 2.12. The van der Waals surface area contributed by atoms with Crippen LogP contribution in [0.2, 0.25) is 0 Å². The minimum atomic E-state index is -0.308. The van der Waals surface area contributed by atoms with E-state index in [-0.39, 0.29) is 5.82 Å². The van der Waals surface area contributed by atoms with Gasteiger partial charge in [0.05, 0.1) is 5.52 Å². The molecule has 2 N–H and O–H groups in total. The number of hydrogen-bond acceptors (Lipinski definition) is 2. The van der Waals surface area contributed by atoms with Gasteiger partial charge in [-0.3, -0.25) is 0 Å². The van der Waals surface area contributed by atoms with E-state index in [0.717, 1.165) is 5.52 Å². The molecule has 0 spiro atoms. The summed E-state index contributed by atoms with van der Waals surface area (Å²) in [6.45, 7) is 0. The van der Waals surface area contributed by atoms with Crippen LogP contribution in [0.3, 0.4) is 0 Å². The third-order valence-corrected chi connectivity index (χ3v) is 2.23. The maximum Gasteiger partial charge on any atom is 0.175 e. The Morgan fingerprint density at radius 2 is 1.92 bits per heavy atom. The van der Waals surface area contributed by atoms with Gasteiger partial charge in [-0.15, -0.1) is 0 Å². The van der Waals surface area contributed by atoms with Crippen molar-refractivity contribution >= 4 is 35.3 Å². The number of aromatic nitrogens is 2. The molecule has 0 amide bonds. The molecule has 2 rings (SSSR count). The van der Waals surface area contributed by atoms with E-state index >= 15 is 0 Å². The van der Waals surface area contributed by atoms with Crippen LogP contribution in [0.25, 0.3) is 10.9 Å². The Kier molecular flexibility index (Phi) is 1.97. The van der Waals surface area contributed by atoms with Crippen LogP contribution in [-0.2, 0) is 0 Å². The molecule has 0 saturated heterocycles. The Morgan fingerprint density at radius 3 is 2.69 bits per heavy atom. The fraction of sp³-hybridized carbons (Fsp3) is 0. The molecule has 13 heavy (non-hydrogen) atoms. The summed E-state index contributed by atoms with van der Waals surface area (Å²) < 4.78 is 13.7. The van der Waals surface area contributed by atoms with Crippen LogP contribution >= 0.6 is 24.4 Å². The largest absolute Gasteiger partial charge is 0.332 e. The summed E-state index contributed by atoms with van der Waals surface area (Å²) >= 11 is 9.88. The molecule has 2 nitrogen and oxygen atoms in total. The lowest BCUT2D eigenvalue weighted by Gasteiger charge is -1.97. The third kappa shape index (κ3) is 1.52. The van der Waals surface area contributed by atoms with Crippen LogP contribution < -0.4 is 0 Å². The quantitative estimate of drug-likeness (QED) is 0.657. The molecule has 1 aromatic carbocycles. The standard InChI is InChI=1S/C8H5FN2S2/c9-4-1-2-6-5(3-4)7(12)11-8(13)10-6/h1-3H,(H2,10,11,12,13). The predicted molar refractivity (Wildman–Crippen MR) is 54.3 cm³/mol. The first kappa shape index (κ1) is 8.52. The first-order valence-corrected chi connectivity index (χ1v) is 4.40. The number of H-pyrrole nitrogens is 2. The van der Waals surface area contributed by atoms with Gasteiger partial charge < -0.3 is 9.97 Å². The van der Waals surface area contributed by atoms with Crippen molar-refractivity contribution in [1.82, 2.24) is 9.97 Å². The number of aromatic amines is 2. The molecule has 1 heterocycles. The molecule has 0 aliphatic rings. The Morgan fingerprint density at radius 1 is 1.15 bits per heavy atom. The van der Waals surface area contributed by atoms with E-state index in [4.69, 9.17) is 24.4 Å². The van der Waals surface area contributed by atoms with Crippen molar-refractivity contribution in [3.8, 4) is 0 Å². The lowest BCUT2D eigenvalue weighted by atomic mass is 10.2. The number of benzene rings is 1. The number of rotatable bonds is 0. The SMILES string of the molecule is Fc1ccc2[nH]c(=S)[nH]c(=S)c2c1. The van der Waals surface area contributed by atoms with E-state index in [1.165, 1.54) is 12.1 Å². The van der Waals surface area contributed by atoms with Gasteiger partial charge in [0, 0.05) is 5.39 Å². The molecule has 0 atom stereocenters. The molecule has 0 aliphatic heterocycles. The maximum absolute atomic E-state index is 12.8. The zero-order valence-corrected chi connectivity index (χ0v) is 8.06. The molecule has 2 aromatic rings. The van der Waals surface area contributed by atoms with Crippen LogP contribution in [0, 0.1) is 15.2 Å². The Hall–Kier alpha value is -1.07. The summed E-state index contributed by atoms with van der Waals surface area (Å²) in [5, 5.41) is 0.642. The highest BCUT2D eigenvalue weighted by Gasteiger charge is 1.97. The van der Waals surface area contributed by atoms with Crippen LogP contribution in [-0.4, -0.2) is 9.97 Å². The van der Waals surface area contributed by atoms with Crippen molar-refractivity contribution in [2.75, 3.05) is 0 Å². The molecule has 0 aliphatic carbocycles. The van der Waals surface area contributed by atoms with Crippen LogP contribution in [0.15, 0.2) is 18.2 Å². The highest BCUT2D eigenvalue weighted by molar-refractivity contribution is 7.72. The van der Waals surface area contributed by atoms with E-state index in [0.29, 0.717) is 14.8 Å². The third-order valence-electron chi connectivity index (χ3n) is 1.70. The van der Waals surface area contributed by atoms with Crippen molar-refractivity contribution in [3.05, 3.63) is 33.4 Å². The number of halogens is 1. The summed E-state index contributed by atoms with van der Waals surface area (Å²) in [6, 6.07) is 4.35. The second kappa shape index (κ2) is 3.01. The van der Waals surface area contributed by atoms with E-state index in [1.807, 2.05) is 0 Å². The van der Waals surface area contributed by atoms with Crippen LogP contribution in [0.1, 0.15) is 0 Å². The van der Waals surface area contributed by atoms with Gasteiger partial charge in [-0.05, 0) is 30.4 Å². The first-order chi connectivity index (χ1) is 6.16. The summed E-state index contributed by atoms with van der Waals surface area (Å²) in [5.41, 5.74) is 0.746. The molecule has 0 fully saturated rings. The van der Waals surface area contributed by atoms with Gasteiger partial charge in [0.1, 0.15) is 10.5 Å². The van der Waals surface area contributed by atoms with Crippen molar-refractivity contribution in [2.45, 2.75) is 0 Å². The average Bonchev–Trinajstić information content (AvgIpc) is 2.06. The molecule has 1 aromatic heterocycles. The number of hydrogen-bond donors (Lipinski definition) is 2. The van der Waals surface area contributed by atoms with Crippen LogP contribution in [0.5, 0.6) is 0 Å². The van der Waals surface area contributed by atoms with Crippen LogP contribution in [0.4, 0.5) is 4.39 Å². The highest BCUT2D eigenvalue weighted by atomic mass is 32.1. The predicted octanol–water partition coefficient (Wildman–Crippen LogP) is 3.09. The summed E-state index contributed by atoms with van der Waals surface area (Å²) in [7, 11) is 0. The zero-order valence-electron chi connectivity index (χ0n) is 6.43. The Bertz CT molecular complexity index is 570. The normalized spacial score (nSPS) is 10.5. The minimum Gasteiger partial charge on any atom is -0.332 e. The van der Waals surface area contributed by atoms with Gasteiger partial charge >= 0.3 is 0 Å². The van der Waals surface area contributed by atoms with E-state index in [1.54, 1.807) is 6.07 Å². The molecule has 0 bridgehead atoms. The summed E-state index contributed by atoms with van der Waals surface area (Å²) in [4.78, 5) is 5.63. The number of nitrogens with one attached hydrogen (secondary N) is 2. The summed E-state index contributed by atoms with van der Waals surface area (Å²) in [6.07, 6.45) is 0. The van der Waals surface area contributed by atoms with Gasteiger partial charge in [0.25, 0.3) is 0 Å². The molecular weight excluding hydrogens is 207 g/mol. The van der Waals surface area contributed by atoms with Gasteiger partial charge in [-0.25, -0.2) is 4.39 Å². The lowest BCUT2D eigenvalue weighted by Crippen LogP contribution is -1.86. The van der Waals surface area contributed by atoms with E-state index in [9.17, 15) is 4.39 Å². The molecule has 0 unspecified atom stereocenters. The lowest BCUT2D eigenvalue weighted by molar-refractivity contribution is 0.629. The van der Waals surface area contributed by atoms with Crippen molar-refractivity contribution in [2.24, 2.45) is 0 Å². The van der Waals surface area contributed by atoms with Crippen molar-refractivity contribution < 1.29 is 4.39 Å². The van der Waals surface area contributed by atoms with Gasteiger partial charge in [0.15, 0.2) is 4.77 Å². The first-order valence-electron chi connectivity index (χ1n) is 3.59. The van der Waals surface area contributed by atoms with Gasteiger partial charge in [0.2, 0.25) is 0 Å². The van der Waals surface area contributed by atoms with E-state index in [2.05, 4.69) is 9.97 Å². The molecule has 66 valence electrons. The van der Waals surface area contributed by atoms with Crippen molar-refractivity contribution in [1.29, 1.82) is 0 Å². The Labute approximate surface area is 83.4 Å². The fourth-order valence-corrected chi connectivity index (χ4v) is 1.68. The fourth-order valence-electron chi connectivity index (χ4n) is 1.14. The molecular formula is C8H5FN2S2. The van der Waals surface area contributed by atoms with Gasteiger partial charge in [-0.1, -0.05) is 12.2 Å². The van der Waals surface area contributed by atoms with Gasteiger partial charge in [-0.2, -0.15) is 0 Å². The monoisotopic (exact) mass is 212 g/mol. The second-order valence-electron chi connectivity index (χ2n) is 2.60. The molecule has 0 saturated carbocycles. The molecule has 5 heteroatoms. The summed E-state index contributed by atoms with van der Waals surface area (Å²) in [5.74, 6) is -0.308. The molecule has 0 radical (unpaired) electrons.